The molecule has 2 rings (SSSR count). The van der Waals surface area contributed by atoms with Gasteiger partial charge in [-0.3, -0.25) is 5.32 Å². The second kappa shape index (κ2) is 5.68. The Labute approximate surface area is 105 Å². The molecule has 0 atom stereocenters. The normalized spacial score (nSPS) is 27.9. The highest BCUT2D eigenvalue weighted by molar-refractivity contribution is 4.91. The molecule has 0 spiro atoms. The van der Waals surface area contributed by atoms with Crippen LogP contribution in [0.2, 0.25) is 0 Å². The Hall–Kier alpha value is -0.120. The van der Waals surface area contributed by atoms with Crippen molar-refractivity contribution < 1.29 is 9.47 Å². The third-order valence-corrected chi connectivity index (χ3v) is 4.56. The van der Waals surface area contributed by atoms with E-state index in [4.69, 9.17) is 9.47 Å². The fourth-order valence-electron chi connectivity index (χ4n) is 3.42. The zero-order chi connectivity index (χ0) is 12.2. The van der Waals surface area contributed by atoms with Gasteiger partial charge in [0.2, 0.25) is 0 Å². The van der Waals surface area contributed by atoms with Gasteiger partial charge in [0, 0.05) is 14.2 Å². The minimum Gasteiger partial charge on any atom is -0.364 e. The van der Waals surface area contributed by atoms with Gasteiger partial charge in [0.1, 0.15) is 11.4 Å². The monoisotopic (exact) mass is 241 g/mol. The van der Waals surface area contributed by atoms with Crippen LogP contribution in [-0.2, 0) is 9.47 Å². The second-order valence-electron chi connectivity index (χ2n) is 5.64. The van der Waals surface area contributed by atoms with E-state index in [1.165, 1.54) is 38.5 Å². The molecule has 0 aliphatic heterocycles. The minimum absolute atomic E-state index is 0.133. The van der Waals surface area contributed by atoms with E-state index >= 15 is 0 Å². The van der Waals surface area contributed by atoms with E-state index in [0.717, 1.165) is 25.7 Å². The summed E-state index contributed by atoms with van der Waals surface area (Å²) >= 11 is 0. The van der Waals surface area contributed by atoms with Crippen LogP contribution in [0.1, 0.15) is 64.2 Å². The summed E-state index contributed by atoms with van der Waals surface area (Å²) in [5.41, 5.74) is -0.267. The molecule has 2 aliphatic carbocycles. The Morgan fingerprint density at radius 3 is 1.29 bits per heavy atom. The van der Waals surface area contributed by atoms with Crippen LogP contribution >= 0.6 is 0 Å². The molecule has 17 heavy (non-hydrogen) atoms. The largest absolute Gasteiger partial charge is 0.364 e. The summed E-state index contributed by atoms with van der Waals surface area (Å²) < 4.78 is 11.6. The number of hydrogen-bond donors (Lipinski definition) is 1. The van der Waals surface area contributed by atoms with Crippen molar-refractivity contribution >= 4 is 0 Å². The van der Waals surface area contributed by atoms with Crippen LogP contribution in [0.3, 0.4) is 0 Å². The molecule has 0 amide bonds. The van der Waals surface area contributed by atoms with Gasteiger partial charge in [0.25, 0.3) is 0 Å². The molecule has 2 aliphatic rings. The van der Waals surface area contributed by atoms with Gasteiger partial charge in [-0.15, -0.1) is 0 Å². The van der Waals surface area contributed by atoms with Crippen molar-refractivity contribution in [3.63, 3.8) is 0 Å². The lowest BCUT2D eigenvalue weighted by Crippen LogP contribution is -2.61. The molecule has 0 aromatic carbocycles. The Kier molecular flexibility index (Phi) is 4.45. The van der Waals surface area contributed by atoms with Crippen molar-refractivity contribution in [1.82, 2.24) is 5.32 Å². The summed E-state index contributed by atoms with van der Waals surface area (Å²) in [7, 11) is 3.68. The zero-order valence-electron chi connectivity index (χ0n) is 11.4. The van der Waals surface area contributed by atoms with E-state index in [1.807, 2.05) is 14.2 Å². The van der Waals surface area contributed by atoms with Crippen molar-refractivity contribution in [2.24, 2.45) is 0 Å². The first-order chi connectivity index (χ1) is 8.24. The fourth-order valence-corrected chi connectivity index (χ4v) is 3.42. The Morgan fingerprint density at radius 1 is 0.647 bits per heavy atom. The molecule has 0 unspecified atom stereocenters. The maximum atomic E-state index is 5.82. The molecule has 1 N–H and O–H groups in total. The van der Waals surface area contributed by atoms with Crippen molar-refractivity contribution in [2.75, 3.05) is 14.2 Å². The quantitative estimate of drug-likeness (QED) is 0.767. The molecule has 0 aromatic rings. The van der Waals surface area contributed by atoms with Crippen molar-refractivity contribution in [3.05, 3.63) is 0 Å². The summed E-state index contributed by atoms with van der Waals surface area (Å²) in [6.07, 6.45) is 12.2. The fraction of sp³-hybridized carbons (Fsp3) is 1.00. The van der Waals surface area contributed by atoms with Gasteiger partial charge in [-0.2, -0.15) is 0 Å². The number of rotatable bonds is 4. The van der Waals surface area contributed by atoms with Crippen molar-refractivity contribution in [2.45, 2.75) is 75.7 Å². The summed E-state index contributed by atoms with van der Waals surface area (Å²) in [6.45, 7) is 0. The van der Waals surface area contributed by atoms with E-state index in [9.17, 15) is 0 Å². The second-order valence-corrected chi connectivity index (χ2v) is 5.64. The third kappa shape index (κ3) is 3.01. The predicted octanol–water partition coefficient (Wildman–Crippen LogP) is 3.19. The van der Waals surface area contributed by atoms with Gasteiger partial charge in [-0.25, -0.2) is 0 Å². The average molecular weight is 241 g/mol. The number of nitrogens with one attached hydrogen (secondary N) is 1. The summed E-state index contributed by atoms with van der Waals surface area (Å²) in [6, 6.07) is 0. The Balaban J connectivity index is 2.04. The van der Waals surface area contributed by atoms with Gasteiger partial charge < -0.3 is 9.47 Å². The van der Waals surface area contributed by atoms with Crippen LogP contribution in [0.15, 0.2) is 0 Å². The first kappa shape index (κ1) is 13.3. The molecule has 3 nitrogen and oxygen atoms in total. The molecule has 100 valence electrons. The Morgan fingerprint density at radius 2 is 1.00 bits per heavy atom. The first-order valence-corrected chi connectivity index (χ1v) is 7.14. The van der Waals surface area contributed by atoms with Crippen LogP contribution < -0.4 is 5.32 Å². The van der Waals surface area contributed by atoms with Crippen LogP contribution in [0, 0.1) is 0 Å². The van der Waals surface area contributed by atoms with E-state index < -0.39 is 0 Å². The molecule has 2 saturated carbocycles. The molecule has 2 fully saturated rings. The molecule has 0 heterocycles. The van der Waals surface area contributed by atoms with Crippen molar-refractivity contribution in [1.29, 1.82) is 0 Å². The van der Waals surface area contributed by atoms with Gasteiger partial charge in [0.15, 0.2) is 0 Å². The lowest BCUT2D eigenvalue weighted by Gasteiger charge is -2.47. The average Bonchev–Trinajstić information content (AvgIpc) is 2.41. The molecule has 0 aromatic heterocycles. The summed E-state index contributed by atoms with van der Waals surface area (Å²) in [4.78, 5) is 0. The van der Waals surface area contributed by atoms with E-state index in [-0.39, 0.29) is 11.4 Å². The van der Waals surface area contributed by atoms with Gasteiger partial charge >= 0.3 is 0 Å². The zero-order valence-corrected chi connectivity index (χ0v) is 11.4. The SMILES string of the molecule is COC1(NC2(OC)CCCCC2)CCCCC1. The molecule has 0 saturated heterocycles. The van der Waals surface area contributed by atoms with Crippen LogP contribution in [0.25, 0.3) is 0 Å². The molecular formula is C14H27NO2. The summed E-state index contributed by atoms with van der Waals surface area (Å²) in [5, 5.41) is 3.74. The molecule has 0 bridgehead atoms. The molecule has 3 heteroatoms. The molecular weight excluding hydrogens is 214 g/mol. The Bertz CT molecular complexity index is 206. The number of hydrogen-bond acceptors (Lipinski definition) is 3. The summed E-state index contributed by atoms with van der Waals surface area (Å²) in [5.74, 6) is 0. The highest BCUT2D eigenvalue weighted by Crippen LogP contribution is 2.36. The number of methoxy groups -OCH3 is 2. The number of ether oxygens (including phenoxy) is 2. The lowest BCUT2D eigenvalue weighted by atomic mass is 9.86. The van der Waals surface area contributed by atoms with Crippen LogP contribution in [-0.4, -0.2) is 25.7 Å². The van der Waals surface area contributed by atoms with Gasteiger partial charge in [-0.05, 0) is 51.4 Å². The van der Waals surface area contributed by atoms with E-state index in [1.54, 1.807) is 0 Å². The first-order valence-electron chi connectivity index (χ1n) is 7.14. The lowest BCUT2D eigenvalue weighted by molar-refractivity contribution is -0.161. The van der Waals surface area contributed by atoms with E-state index in [2.05, 4.69) is 5.32 Å². The maximum Gasteiger partial charge on any atom is 0.121 e. The smallest absolute Gasteiger partial charge is 0.121 e. The highest BCUT2D eigenvalue weighted by Gasteiger charge is 2.41. The third-order valence-electron chi connectivity index (χ3n) is 4.56. The minimum atomic E-state index is -0.133. The standard InChI is InChI=1S/C14H27NO2/c1-16-13(9-5-3-6-10-13)15-14(17-2)11-7-4-8-12-14/h15H,3-12H2,1-2H3. The van der Waals surface area contributed by atoms with Gasteiger partial charge in [-0.1, -0.05) is 12.8 Å². The maximum absolute atomic E-state index is 5.82. The topological polar surface area (TPSA) is 30.5 Å². The van der Waals surface area contributed by atoms with Crippen LogP contribution in [0.5, 0.6) is 0 Å². The molecule has 0 radical (unpaired) electrons. The van der Waals surface area contributed by atoms with Gasteiger partial charge in [0.05, 0.1) is 0 Å². The predicted molar refractivity (Wildman–Crippen MR) is 68.8 cm³/mol. The van der Waals surface area contributed by atoms with Crippen LogP contribution in [0.4, 0.5) is 0 Å². The van der Waals surface area contributed by atoms with E-state index in [0.29, 0.717) is 0 Å². The highest BCUT2D eigenvalue weighted by atomic mass is 16.5. The van der Waals surface area contributed by atoms with Crippen molar-refractivity contribution in [3.8, 4) is 0 Å².